The molecule has 0 saturated heterocycles. The van der Waals surface area contributed by atoms with Crippen molar-refractivity contribution in [2.24, 2.45) is 5.92 Å². The molecule has 0 radical (unpaired) electrons. The van der Waals surface area contributed by atoms with E-state index < -0.39 is 0 Å². The van der Waals surface area contributed by atoms with Crippen molar-refractivity contribution in [3.63, 3.8) is 0 Å². The molecule has 0 bridgehead atoms. The van der Waals surface area contributed by atoms with Crippen LogP contribution in [0.1, 0.15) is 46.0 Å². The van der Waals surface area contributed by atoms with E-state index in [2.05, 4.69) is 13.8 Å². The van der Waals surface area contributed by atoms with Crippen LogP contribution in [0.4, 0.5) is 0 Å². The van der Waals surface area contributed by atoms with Crippen molar-refractivity contribution >= 4 is 23.2 Å². The molecule has 0 aromatic carbocycles. The quantitative estimate of drug-likeness (QED) is 0.641. The van der Waals surface area contributed by atoms with Gasteiger partial charge in [-0.05, 0) is 25.2 Å². The third-order valence-corrected chi connectivity index (χ3v) is 3.68. The van der Waals surface area contributed by atoms with Crippen LogP contribution in [0, 0.1) is 5.92 Å². The summed E-state index contributed by atoms with van der Waals surface area (Å²) >= 11 is 11.5. The Morgan fingerprint density at radius 3 is 2.14 bits per heavy atom. The molecule has 2 atom stereocenters. The first kappa shape index (κ1) is 14.5. The number of halogens is 2. The Labute approximate surface area is 97.8 Å². The number of hydrogen-bond acceptors (Lipinski definition) is 1. The Hall–Kier alpha value is 0.540. The lowest BCUT2D eigenvalue weighted by atomic mass is 9.93. The van der Waals surface area contributed by atoms with Crippen molar-refractivity contribution in [3.8, 4) is 0 Å². The van der Waals surface area contributed by atoms with Crippen LogP contribution in [-0.4, -0.2) is 22.5 Å². The number of aliphatic hydroxyl groups excluding tert-OH is 1. The van der Waals surface area contributed by atoms with E-state index >= 15 is 0 Å². The Balaban J connectivity index is 3.56. The highest BCUT2D eigenvalue weighted by atomic mass is 35.5. The first-order valence-corrected chi connectivity index (χ1v) is 6.50. The maximum absolute atomic E-state index is 9.82. The van der Waals surface area contributed by atoms with E-state index in [1.807, 2.05) is 0 Å². The average molecular weight is 241 g/mol. The summed E-state index contributed by atoms with van der Waals surface area (Å²) in [6.45, 7) is 4.25. The molecule has 0 spiro atoms. The molecule has 0 aromatic rings. The first-order chi connectivity index (χ1) is 6.65. The second-order valence-corrected chi connectivity index (χ2v) is 4.75. The lowest BCUT2D eigenvalue weighted by Crippen LogP contribution is -2.19. The molecule has 1 nitrogen and oxygen atoms in total. The van der Waals surface area contributed by atoms with Crippen LogP contribution in [0.2, 0.25) is 0 Å². The molecule has 0 heterocycles. The second-order valence-electron chi connectivity index (χ2n) is 3.83. The normalized spacial score (nSPS) is 15.9. The van der Waals surface area contributed by atoms with Crippen LogP contribution in [0.3, 0.4) is 0 Å². The summed E-state index contributed by atoms with van der Waals surface area (Å²) in [5.41, 5.74) is 0. The molecule has 0 rings (SSSR count). The van der Waals surface area contributed by atoms with E-state index in [4.69, 9.17) is 23.2 Å². The number of rotatable bonds is 8. The zero-order valence-corrected chi connectivity index (χ0v) is 10.7. The van der Waals surface area contributed by atoms with Gasteiger partial charge in [0.25, 0.3) is 0 Å². The van der Waals surface area contributed by atoms with Crippen molar-refractivity contribution < 1.29 is 5.11 Å². The number of alkyl halides is 2. The standard InChI is InChI=1S/C11H22Cl2O/c1-3-9(4-2)11(14)7-5-6-10(13)8-12/h9-11,14H,3-8H2,1-2H3. The Kier molecular flexibility index (Phi) is 9.16. The van der Waals surface area contributed by atoms with E-state index in [0.29, 0.717) is 11.8 Å². The fourth-order valence-corrected chi connectivity index (χ4v) is 2.00. The maximum atomic E-state index is 9.82. The van der Waals surface area contributed by atoms with Gasteiger partial charge in [-0.25, -0.2) is 0 Å². The predicted octanol–water partition coefficient (Wildman–Crippen LogP) is 3.80. The van der Waals surface area contributed by atoms with Crippen LogP contribution >= 0.6 is 23.2 Å². The van der Waals surface area contributed by atoms with Crippen molar-refractivity contribution in [1.29, 1.82) is 0 Å². The summed E-state index contributed by atoms with van der Waals surface area (Å²) in [6.07, 6.45) is 4.67. The van der Waals surface area contributed by atoms with Crippen molar-refractivity contribution in [3.05, 3.63) is 0 Å². The molecule has 0 aliphatic carbocycles. The number of hydrogen-bond donors (Lipinski definition) is 1. The molecule has 0 aliphatic heterocycles. The summed E-state index contributed by atoms with van der Waals surface area (Å²) in [7, 11) is 0. The predicted molar refractivity (Wildman–Crippen MR) is 64.3 cm³/mol. The summed E-state index contributed by atoms with van der Waals surface area (Å²) in [6, 6.07) is 0. The minimum atomic E-state index is -0.163. The fraction of sp³-hybridized carbons (Fsp3) is 1.00. The highest BCUT2D eigenvalue weighted by Gasteiger charge is 2.15. The monoisotopic (exact) mass is 240 g/mol. The van der Waals surface area contributed by atoms with Crippen LogP contribution in [0.25, 0.3) is 0 Å². The molecule has 0 fully saturated rings. The minimum Gasteiger partial charge on any atom is -0.393 e. The smallest absolute Gasteiger partial charge is 0.0568 e. The van der Waals surface area contributed by atoms with Crippen LogP contribution in [0.15, 0.2) is 0 Å². The van der Waals surface area contributed by atoms with Crippen molar-refractivity contribution in [1.82, 2.24) is 0 Å². The highest BCUT2D eigenvalue weighted by Crippen LogP contribution is 2.19. The molecule has 86 valence electrons. The summed E-state index contributed by atoms with van der Waals surface area (Å²) in [4.78, 5) is 0. The molecule has 0 aliphatic rings. The topological polar surface area (TPSA) is 20.2 Å². The van der Waals surface area contributed by atoms with Crippen molar-refractivity contribution in [2.45, 2.75) is 57.4 Å². The fourth-order valence-electron chi connectivity index (χ4n) is 1.69. The van der Waals surface area contributed by atoms with E-state index in [1.165, 1.54) is 0 Å². The zero-order valence-electron chi connectivity index (χ0n) is 9.18. The lowest BCUT2D eigenvalue weighted by molar-refractivity contribution is 0.0916. The maximum Gasteiger partial charge on any atom is 0.0568 e. The second kappa shape index (κ2) is 8.82. The highest BCUT2D eigenvalue weighted by molar-refractivity contribution is 6.28. The largest absolute Gasteiger partial charge is 0.393 e. The molecule has 3 heteroatoms. The summed E-state index contributed by atoms with van der Waals surface area (Å²) < 4.78 is 0. The van der Waals surface area contributed by atoms with E-state index in [9.17, 15) is 5.11 Å². The average Bonchev–Trinajstić information content (AvgIpc) is 2.19. The number of aliphatic hydroxyl groups is 1. The Morgan fingerprint density at radius 1 is 1.14 bits per heavy atom. The van der Waals surface area contributed by atoms with Gasteiger partial charge in [0.2, 0.25) is 0 Å². The third-order valence-electron chi connectivity index (χ3n) is 2.78. The van der Waals surface area contributed by atoms with Gasteiger partial charge in [0.05, 0.1) is 6.10 Å². The Bertz CT molecular complexity index is 126. The van der Waals surface area contributed by atoms with Gasteiger partial charge >= 0.3 is 0 Å². The lowest BCUT2D eigenvalue weighted by Gasteiger charge is -2.20. The van der Waals surface area contributed by atoms with Gasteiger partial charge in [-0.3, -0.25) is 0 Å². The molecular weight excluding hydrogens is 219 g/mol. The van der Waals surface area contributed by atoms with E-state index in [0.717, 1.165) is 32.1 Å². The van der Waals surface area contributed by atoms with Crippen LogP contribution in [-0.2, 0) is 0 Å². The molecular formula is C11H22Cl2O. The zero-order chi connectivity index (χ0) is 11.0. The van der Waals surface area contributed by atoms with Gasteiger partial charge in [0, 0.05) is 11.3 Å². The van der Waals surface area contributed by atoms with Gasteiger partial charge in [-0.2, -0.15) is 0 Å². The molecule has 0 saturated carbocycles. The van der Waals surface area contributed by atoms with Gasteiger partial charge < -0.3 is 5.11 Å². The molecule has 2 unspecified atom stereocenters. The molecule has 14 heavy (non-hydrogen) atoms. The summed E-state index contributed by atoms with van der Waals surface area (Å²) in [5, 5.41) is 9.88. The van der Waals surface area contributed by atoms with Crippen LogP contribution in [0.5, 0.6) is 0 Å². The third kappa shape index (κ3) is 6.10. The van der Waals surface area contributed by atoms with Gasteiger partial charge in [-0.15, -0.1) is 23.2 Å². The molecule has 0 aromatic heterocycles. The SMILES string of the molecule is CCC(CC)C(O)CCCC(Cl)CCl. The van der Waals surface area contributed by atoms with Gasteiger partial charge in [-0.1, -0.05) is 26.7 Å². The van der Waals surface area contributed by atoms with Gasteiger partial charge in [0.1, 0.15) is 0 Å². The first-order valence-electron chi connectivity index (χ1n) is 5.53. The van der Waals surface area contributed by atoms with Gasteiger partial charge in [0.15, 0.2) is 0 Å². The molecule has 1 N–H and O–H groups in total. The Morgan fingerprint density at radius 2 is 1.71 bits per heavy atom. The van der Waals surface area contributed by atoms with Crippen LogP contribution < -0.4 is 0 Å². The summed E-state index contributed by atoms with van der Waals surface area (Å²) in [5.74, 6) is 0.947. The van der Waals surface area contributed by atoms with E-state index in [-0.39, 0.29) is 11.5 Å². The van der Waals surface area contributed by atoms with Crippen molar-refractivity contribution in [2.75, 3.05) is 5.88 Å². The van der Waals surface area contributed by atoms with E-state index in [1.54, 1.807) is 0 Å². The molecule has 0 amide bonds. The minimum absolute atomic E-state index is 0.0607.